The second-order valence-corrected chi connectivity index (χ2v) is 7.59. The van der Waals surface area contributed by atoms with Gasteiger partial charge in [-0.15, -0.1) is 0 Å². The predicted molar refractivity (Wildman–Crippen MR) is 112 cm³/mol. The van der Waals surface area contributed by atoms with Crippen molar-refractivity contribution in [2.75, 3.05) is 24.2 Å². The van der Waals surface area contributed by atoms with Crippen molar-refractivity contribution >= 4 is 45.8 Å². The summed E-state index contributed by atoms with van der Waals surface area (Å²) in [6.45, 7) is 3.95. The standard InChI is InChI=1S/C20H22ClN3OS/c1-15-9-10-18(17(21)13-15)23-19(25)14-26-20(24-11-5-6-12-24)22-16-7-3-2-4-8-16/h2-4,7-10,13H,5-6,11-12,14H2,1H3,(H,23,25). The number of anilines is 1. The number of aliphatic imine (C=N–C) groups is 1. The van der Waals surface area contributed by atoms with Crippen molar-refractivity contribution in [1.82, 2.24) is 4.90 Å². The number of hydrogen-bond acceptors (Lipinski definition) is 3. The van der Waals surface area contributed by atoms with Crippen LogP contribution in [0.1, 0.15) is 18.4 Å². The zero-order chi connectivity index (χ0) is 18.4. The van der Waals surface area contributed by atoms with Gasteiger partial charge in [-0.25, -0.2) is 4.99 Å². The normalized spacial score (nSPS) is 14.5. The van der Waals surface area contributed by atoms with Crippen molar-refractivity contribution in [3.05, 3.63) is 59.1 Å². The van der Waals surface area contributed by atoms with E-state index in [2.05, 4.69) is 10.2 Å². The molecular formula is C20H22ClN3OS. The Morgan fingerprint density at radius 3 is 2.62 bits per heavy atom. The molecule has 1 amide bonds. The molecule has 6 heteroatoms. The number of aryl methyl sites for hydroxylation is 1. The van der Waals surface area contributed by atoms with Gasteiger partial charge in [-0.2, -0.15) is 0 Å². The Morgan fingerprint density at radius 2 is 1.92 bits per heavy atom. The molecule has 0 aliphatic carbocycles. The minimum atomic E-state index is -0.0827. The fraction of sp³-hybridized carbons (Fsp3) is 0.300. The molecule has 136 valence electrons. The van der Waals surface area contributed by atoms with E-state index >= 15 is 0 Å². The van der Waals surface area contributed by atoms with Crippen LogP contribution in [0.15, 0.2) is 53.5 Å². The summed E-state index contributed by atoms with van der Waals surface area (Å²) in [5.74, 6) is 0.215. The van der Waals surface area contributed by atoms with E-state index in [-0.39, 0.29) is 5.91 Å². The summed E-state index contributed by atoms with van der Waals surface area (Å²) < 4.78 is 0. The molecular weight excluding hydrogens is 366 g/mol. The van der Waals surface area contributed by atoms with Crippen LogP contribution in [0.25, 0.3) is 0 Å². The Morgan fingerprint density at radius 1 is 1.19 bits per heavy atom. The van der Waals surface area contributed by atoms with Crippen LogP contribution >= 0.6 is 23.4 Å². The first-order chi connectivity index (χ1) is 12.6. The lowest BCUT2D eigenvalue weighted by Gasteiger charge is -2.19. The van der Waals surface area contributed by atoms with Crippen LogP contribution in [-0.2, 0) is 4.79 Å². The number of carbonyl (C=O) groups is 1. The first-order valence-corrected chi connectivity index (χ1v) is 10.1. The molecule has 2 aromatic carbocycles. The minimum Gasteiger partial charge on any atom is -0.351 e. The summed E-state index contributed by atoms with van der Waals surface area (Å²) in [6.07, 6.45) is 2.33. The lowest BCUT2D eigenvalue weighted by molar-refractivity contribution is -0.113. The molecule has 0 radical (unpaired) electrons. The van der Waals surface area contributed by atoms with Gasteiger partial charge in [0.15, 0.2) is 5.17 Å². The smallest absolute Gasteiger partial charge is 0.234 e. The van der Waals surface area contributed by atoms with E-state index in [4.69, 9.17) is 16.6 Å². The average Bonchev–Trinajstić information content (AvgIpc) is 3.16. The fourth-order valence-corrected chi connectivity index (χ4v) is 3.90. The second-order valence-electron chi connectivity index (χ2n) is 6.24. The molecule has 0 aromatic heterocycles. The number of nitrogens with one attached hydrogen (secondary N) is 1. The monoisotopic (exact) mass is 387 g/mol. The summed E-state index contributed by atoms with van der Waals surface area (Å²) in [5.41, 5.74) is 2.61. The molecule has 2 aromatic rings. The average molecular weight is 388 g/mol. The highest BCUT2D eigenvalue weighted by atomic mass is 35.5. The number of benzene rings is 2. The maximum Gasteiger partial charge on any atom is 0.234 e. The molecule has 1 saturated heterocycles. The van der Waals surface area contributed by atoms with Crippen molar-refractivity contribution in [2.45, 2.75) is 19.8 Å². The van der Waals surface area contributed by atoms with Crippen molar-refractivity contribution in [1.29, 1.82) is 0 Å². The summed E-state index contributed by atoms with van der Waals surface area (Å²) in [7, 11) is 0. The van der Waals surface area contributed by atoms with Gasteiger partial charge in [0, 0.05) is 13.1 Å². The van der Waals surface area contributed by atoms with Crippen LogP contribution in [0, 0.1) is 6.92 Å². The molecule has 3 rings (SSSR count). The maximum atomic E-state index is 12.4. The van der Waals surface area contributed by atoms with Gasteiger partial charge in [0.25, 0.3) is 0 Å². The van der Waals surface area contributed by atoms with Gasteiger partial charge >= 0.3 is 0 Å². The Labute approximate surface area is 163 Å². The molecule has 1 N–H and O–H groups in total. The van der Waals surface area contributed by atoms with Crippen LogP contribution < -0.4 is 5.32 Å². The number of halogens is 1. The van der Waals surface area contributed by atoms with Gasteiger partial charge in [-0.1, -0.05) is 47.6 Å². The van der Waals surface area contributed by atoms with E-state index in [9.17, 15) is 4.79 Å². The van der Waals surface area contributed by atoms with Gasteiger partial charge in [0.1, 0.15) is 0 Å². The summed E-state index contributed by atoms with van der Waals surface area (Å²) in [5, 5.41) is 4.34. The van der Waals surface area contributed by atoms with Crippen molar-refractivity contribution < 1.29 is 4.79 Å². The number of nitrogens with zero attached hydrogens (tertiary/aromatic N) is 2. The topological polar surface area (TPSA) is 44.7 Å². The quantitative estimate of drug-likeness (QED) is 0.586. The van der Waals surface area contributed by atoms with E-state index in [0.29, 0.717) is 16.5 Å². The third-order valence-electron chi connectivity index (χ3n) is 4.09. The van der Waals surface area contributed by atoms with Gasteiger partial charge in [0.2, 0.25) is 5.91 Å². The molecule has 1 aliphatic heterocycles. The third-order valence-corrected chi connectivity index (χ3v) is 5.42. The van der Waals surface area contributed by atoms with E-state index in [1.54, 1.807) is 0 Å². The Hall–Kier alpha value is -1.98. The van der Waals surface area contributed by atoms with Gasteiger partial charge < -0.3 is 10.2 Å². The number of amidine groups is 1. The number of amides is 1. The molecule has 0 unspecified atom stereocenters. The first kappa shape index (κ1) is 18.8. The molecule has 0 bridgehead atoms. The summed E-state index contributed by atoms with van der Waals surface area (Å²) in [6, 6.07) is 15.5. The number of para-hydroxylation sites is 1. The molecule has 0 spiro atoms. The molecule has 1 aliphatic rings. The summed E-state index contributed by atoms with van der Waals surface area (Å²) >= 11 is 7.66. The van der Waals surface area contributed by atoms with E-state index in [1.807, 2.05) is 55.5 Å². The summed E-state index contributed by atoms with van der Waals surface area (Å²) in [4.78, 5) is 19.4. The number of thioether (sulfide) groups is 1. The van der Waals surface area contributed by atoms with Gasteiger partial charge in [-0.05, 0) is 49.6 Å². The predicted octanol–water partition coefficient (Wildman–Crippen LogP) is 5.10. The van der Waals surface area contributed by atoms with Crippen LogP contribution in [0.2, 0.25) is 5.02 Å². The number of likely N-dealkylation sites (tertiary alicyclic amines) is 1. The van der Waals surface area contributed by atoms with Gasteiger partial charge in [0.05, 0.1) is 22.2 Å². The lowest BCUT2D eigenvalue weighted by Crippen LogP contribution is -2.27. The first-order valence-electron chi connectivity index (χ1n) is 8.69. The number of rotatable bonds is 4. The highest BCUT2D eigenvalue weighted by molar-refractivity contribution is 8.14. The molecule has 0 atom stereocenters. The molecule has 1 fully saturated rings. The Bertz CT molecular complexity index is 789. The Balaban J connectivity index is 1.65. The second kappa shape index (κ2) is 9.10. The van der Waals surface area contributed by atoms with E-state index < -0.39 is 0 Å². The maximum absolute atomic E-state index is 12.4. The van der Waals surface area contributed by atoms with Crippen LogP contribution in [-0.4, -0.2) is 34.8 Å². The molecule has 4 nitrogen and oxygen atoms in total. The van der Waals surface area contributed by atoms with Crippen molar-refractivity contribution in [3.63, 3.8) is 0 Å². The zero-order valence-corrected chi connectivity index (χ0v) is 16.3. The third kappa shape index (κ3) is 5.26. The van der Waals surface area contributed by atoms with Crippen molar-refractivity contribution in [3.8, 4) is 0 Å². The van der Waals surface area contributed by atoms with Crippen molar-refractivity contribution in [2.24, 2.45) is 4.99 Å². The largest absolute Gasteiger partial charge is 0.351 e. The SMILES string of the molecule is Cc1ccc(NC(=O)CSC(=Nc2ccccc2)N2CCCC2)c(Cl)c1. The number of carbonyl (C=O) groups excluding carboxylic acids is 1. The highest BCUT2D eigenvalue weighted by Crippen LogP contribution is 2.24. The van der Waals surface area contributed by atoms with Crippen LogP contribution in [0.4, 0.5) is 11.4 Å². The minimum absolute atomic E-state index is 0.0827. The fourth-order valence-electron chi connectivity index (χ4n) is 2.75. The highest BCUT2D eigenvalue weighted by Gasteiger charge is 2.18. The molecule has 26 heavy (non-hydrogen) atoms. The van der Waals surface area contributed by atoms with Crippen LogP contribution in [0.5, 0.6) is 0 Å². The van der Waals surface area contributed by atoms with Gasteiger partial charge in [-0.3, -0.25) is 4.79 Å². The number of hydrogen-bond donors (Lipinski definition) is 1. The molecule has 1 heterocycles. The lowest BCUT2D eigenvalue weighted by atomic mass is 10.2. The Kier molecular flexibility index (Phi) is 6.58. The molecule has 0 saturated carbocycles. The van der Waals surface area contributed by atoms with E-state index in [1.165, 1.54) is 24.6 Å². The van der Waals surface area contributed by atoms with E-state index in [0.717, 1.165) is 29.5 Å². The van der Waals surface area contributed by atoms with Crippen LogP contribution in [0.3, 0.4) is 0 Å². The zero-order valence-electron chi connectivity index (χ0n) is 14.7.